The van der Waals surface area contributed by atoms with Crippen molar-refractivity contribution in [1.82, 2.24) is 25.4 Å². The number of thioether (sulfide) groups is 1. The molecular weight excluding hydrogens is 392 g/mol. The number of hydrogen-bond donors (Lipinski definition) is 2. The predicted octanol–water partition coefficient (Wildman–Crippen LogP) is 4.07. The number of aryl methyl sites for hydroxylation is 1. The van der Waals surface area contributed by atoms with Gasteiger partial charge in [-0.3, -0.25) is 4.99 Å². The fourth-order valence-electron chi connectivity index (χ4n) is 3.64. The summed E-state index contributed by atoms with van der Waals surface area (Å²) in [5, 5.41) is 17.3. The highest BCUT2D eigenvalue weighted by atomic mass is 35.5. The third-order valence-corrected chi connectivity index (χ3v) is 6.12. The highest BCUT2D eigenvalue weighted by molar-refractivity contribution is 7.98. The van der Waals surface area contributed by atoms with Gasteiger partial charge in [-0.05, 0) is 37.1 Å². The first-order valence-corrected chi connectivity index (χ1v) is 11.5. The third-order valence-electron chi connectivity index (χ3n) is 5.10. The molecule has 0 saturated heterocycles. The third kappa shape index (κ3) is 5.41. The van der Waals surface area contributed by atoms with Crippen molar-refractivity contribution in [2.45, 2.75) is 56.3 Å². The molecule has 8 heteroatoms. The van der Waals surface area contributed by atoms with E-state index in [-0.39, 0.29) is 0 Å². The number of halogens is 1. The molecule has 152 valence electrons. The molecule has 0 atom stereocenters. The fraction of sp³-hybridized carbons (Fsp3) is 0.550. The molecule has 6 nitrogen and oxygen atoms in total. The number of nitrogens with one attached hydrogen (secondary N) is 2. The van der Waals surface area contributed by atoms with Gasteiger partial charge in [0.25, 0.3) is 0 Å². The lowest BCUT2D eigenvalue weighted by Gasteiger charge is -2.16. The Morgan fingerprint density at radius 3 is 2.75 bits per heavy atom. The van der Waals surface area contributed by atoms with E-state index in [0.717, 1.165) is 46.9 Å². The van der Waals surface area contributed by atoms with Gasteiger partial charge in [0.15, 0.2) is 11.1 Å². The van der Waals surface area contributed by atoms with Crippen LogP contribution in [0, 0.1) is 0 Å². The fourth-order valence-corrected chi connectivity index (χ4v) is 4.42. The summed E-state index contributed by atoms with van der Waals surface area (Å²) >= 11 is 7.90. The van der Waals surface area contributed by atoms with E-state index in [9.17, 15) is 0 Å². The first-order chi connectivity index (χ1) is 13.7. The zero-order valence-electron chi connectivity index (χ0n) is 16.6. The molecule has 1 saturated carbocycles. The Morgan fingerprint density at radius 1 is 1.25 bits per heavy atom. The average molecular weight is 421 g/mol. The van der Waals surface area contributed by atoms with E-state index in [0.29, 0.717) is 12.6 Å². The summed E-state index contributed by atoms with van der Waals surface area (Å²) in [6, 6.07) is 8.42. The van der Waals surface area contributed by atoms with Crippen LogP contribution in [0.15, 0.2) is 34.4 Å². The number of benzene rings is 1. The minimum absolute atomic E-state index is 0.575. The van der Waals surface area contributed by atoms with Crippen LogP contribution in [0.5, 0.6) is 0 Å². The Balaban J connectivity index is 1.47. The Bertz CT molecular complexity index is 785. The van der Waals surface area contributed by atoms with Crippen molar-refractivity contribution in [3.8, 4) is 0 Å². The first-order valence-electron chi connectivity index (χ1n) is 9.88. The SMILES string of the molecule is CN=C(NCCCc1nnc(SC)n1C1CCCC1)NCc1ccccc1Cl. The standard InChI is InChI=1S/C20H29ClN6S/c1-22-19(24-14-15-8-3-6-11-17(15)21)23-13-7-12-18-25-26-20(28-2)27(18)16-9-4-5-10-16/h3,6,8,11,16H,4-5,7,9-10,12-14H2,1-2H3,(H2,22,23,24). The monoisotopic (exact) mass is 420 g/mol. The lowest BCUT2D eigenvalue weighted by molar-refractivity contribution is 0.460. The normalized spacial score (nSPS) is 15.2. The number of rotatable bonds is 8. The van der Waals surface area contributed by atoms with Crippen molar-refractivity contribution < 1.29 is 0 Å². The summed E-state index contributed by atoms with van der Waals surface area (Å²) < 4.78 is 2.38. The summed E-state index contributed by atoms with van der Waals surface area (Å²) in [7, 11) is 1.78. The maximum Gasteiger partial charge on any atom is 0.191 e. The first kappa shape index (κ1) is 21.0. The molecular formula is C20H29ClN6S. The molecule has 0 amide bonds. The van der Waals surface area contributed by atoms with Crippen LogP contribution in [0.2, 0.25) is 5.02 Å². The Labute approximate surface area is 176 Å². The highest BCUT2D eigenvalue weighted by Gasteiger charge is 2.23. The molecule has 1 aromatic carbocycles. The second-order valence-corrected chi connectivity index (χ2v) is 8.14. The van der Waals surface area contributed by atoms with Crippen molar-refractivity contribution in [3.63, 3.8) is 0 Å². The molecule has 2 aromatic rings. The van der Waals surface area contributed by atoms with Crippen LogP contribution >= 0.6 is 23.4 Å². The van der Waals surface area contributed by atoms with Gasteiger partial charge in [-0.2, -0.15) is 0 Å². The molecule has 0 bridgehead atoms. The number of aromatic nitrogens is 3. The average Bonchev–Trinajstić information content (AvgIpc) is 3.37. The number of nitrogens with zero attached hydrogens (tertiary/aromatic N) is 4. The van der Waals surface area contributed by atoms with E-state index in [1.54, 1.807) is 18.8 Å². The van der Waals surface area contributed by atoms with Crippen molar-refractivity contribution >= 4 is 29.3 Å². The van der Waals surface area contributed by atoms with Crippen molar-refractivity contribution in [2.75, 3.05) is 19.8 Å². The zero-order valence-corrected chi connectivity index (χ0v) is 18.2. The molecule has 0 radical (unpaired) electrons. The van der Waals surface area contributed by atoms with E-state index in [1.807, 2.05) is 24.3 Å². The van der Waals surface area contributed by atoms with E-state index < -0.39 is 0 Å². The number of guanidine groups is 1. The van der Waals surface area contributed by atoms with Crippen LogP contribution in [0.4, 0.5) is 0 Å². The Morgan fingerprint density at radius 2 is 2.04 bits per heavy atom. The van der Waals surface area contributed by atoms with Crippen LogP contribution < -0.4 is 10.6 Å². The van der Waals surface area contributed by atoms with Crippen molar-refractivity contribution in [1.29, 1.82) is 0 Å². The predicted molar refractivity (Wildman–Crippen MR) is 117 cm³/mol. The zero-order chi connectivity index (χ0) is 19.8. The number of aliphatic imine (C=N–C) groups is 1. The van der Waals surface area contributed by atoms with Gasteiger partial charge >= 0.3 is 0 Å². The van der Waals surface area contributed by atoms with Gasteiger partial charge in [0.1, 0.15) is 5.82 Å². The lowest BCUT2D eigenvalue weighted by atomic mass is 10.2. The summed E-state index contributed by atoms with van der Waals surface area (Å²) in [6.45, 7) is 1.47. The molecule has 1 aliphatic carbocycles. The van der Waals surface area contributed by atoms with Crippen molar-refractivity contribution in [3.05, 3.63) is 40.7 Å². The molecule has 1 aliphatic rings. The van der Waals surface area contributed by atoms with E-state index in [1.165, 1.54) is 25.7 Å². The van der Waals surface area contributed by atoms with Gasteiger partial charge < -0.3 is 15.2 Å². The molecule has 3 rings (SSSR count). The molecule has 2 N–H and O–H groups in total. The number of hydrogen-bond acceptors (Lipinski definition) is 4. The molecule has 0 spiro atoms. The second kappa shape index (κ2) is 10.7. The highest BCUT2D eigenvalue weighted by Crippen LogP contribution is 2.33. The smallest absolute Gasteiger partial charge is 0.191 e. The maximum atomic E-state index is 6.21. The molecule has 1 aromatic heterocycles. The van der Waals surface area contributed by atoms with Crippen LogP contribution in [0.25, 0.3) is 0 Å². The summed E-state index contributed by atoms with van der Waals surface area (Å²) in [5.41, 5.74) is 1.06. The molecule has 1 fully saturated rings. The summed E-state index contributed by atoms with van der Waals surface area (Å²) in [6.07, 6.45) is 9.08. The van der Waals surface area contributed by atoms with Gasteiger partial charge in [0, 0.05) is 37.6 Å². The molecule has 0 aliphatic heterocycles. The largest absolute Gasteiger partial charge is 0.356 e. The van der Waals surface area contributed by atoms with Crippen LogP contribution in [-0.2, 0) is 13.0 Å². The van der Waals surface area contributed by atoms with Gasteiger partial charge in [-0.25, -0.2) is 0 Å². The summed E-state index contributed by atoms with van der Waals surface area (Å²) in [5.74, 6) is 1.89. The van der Waals surface area contributed by atoms with Gasteiger partial charge in [0.2, 0.25) is 0 Å². The molecule has 28 heavy (non-hydrogen) atoms. The van der Waals surface area contributed by atoms with Crippen LogP contribution in [-0.4, -0.2) is 40.6 Å². The van der Waals surface area contributed by atoms with Gasteiger partial charge in [-0.15, -0.1) is 10.2 Å². The lowest BCUT2D eigenvalue weighted by Crippen LogP contribution is -2.37. The maximum absolute atomic E-state index is 6.21. The van der Waals surface area contributed by atoms with Gasteiger partial charge in [-0.1, -0.05) is 54.4 Å². The van der Waals surface area contributed by atoms with Crippen LogP contribution in [0.1, 0.15) is 49.5 Å². The summed E-state index contributed by atoms with van der Waals surface area (Å²) in [4.78, 5) is 4.29. The van der Waals surface area contributed by atoms with Crippen LogP contribution in [0.3, 0.4) is 0 Å². The molecule has 0 unspecified atom stereocenters. The van der Waals surface area contributed by atoms with Crippen molar-refractivity contribution in [2.24, 2.45) is 4.99 Å². The van der Waals surface area contributed by atoms with Gasteiger partial charge in [0.05, 0.1) is 0 Å². The second-order valence-electron chi connectivity index (χ2n) is 6.96. The molecule has 1 heterocycles. The van der Waals surface area contributed by atoms with E-state index >= 15 is 0 Å². The Kier molecular flexibility index (Phi) is 8.03. The van der Waals surface area contributed by atoms with E-state index in [2.05, 4.69) is 36.6 Å². The van der Waals surface area contributed by atoms with E-state index in [4.69, 9.17) is 11.6 Å². The topological polar surface area (TPSA) is 67.1 Å². The Hall–Kier alpha value is -1.73. The quantitative estimate of drug-likeness (QED) is 0.291. The minimum atomic E-state index is 0.575. The minimum Gasteiger partial charge on any atom is -0.356 e.